The number of hydrogen-bond donors (Lipinski definition) is 2. The highest BCUT2D eigenvalue weighted by Gasteiger charge is 2.22. The summed E-state index contributed by atoms with van der Waals surface area (Å²) in [6.45, 7) is 1.60. The first-order chi connectivity index (χ1) is 9.16. The zero-order valence-electron chi connectivity index (χ0n) is 11.1. The number of carbonyl (C=O) groups excluding carboxylic acids is 2. The van der Waals surface area contributed by atoms with Gasteiger partial charge in [-0.1, -0.05) is 19.3 Å². The number of rotatable bonds is 4. The first kappa shape index (κ1) is 13.6. The molecular formula is C14H20N2O3. The van der Waals surface area contributed by atoms with Crippen molar-refractivity contribution in [2.24, 2.45) is 0 Å². The number of aromatic amines is 1. The van der Waals surface area contributed by atoms with Crippen molar-refractivity contribution in [3.63, 3.8) is 0 Å². The van der Waals surface area contributed by atoms with Gasteiger partial charge in [-0.05, 0) is 31.9 Å². The van der Waals surface area contributed by atoms with Crippen molar-refractivity contribution in [1.82, 2.24) is 10.3 Å². The van der Waals surface area contributed by atoms with Gasteiger partial charge in [0.15, 0.2) is 6.10 Å². The molecule has 104 valence electrons. The van der Waals surface area contributed by atoms with Gasteiger partial charge in [-0.25, -0.2) is 4.79 Å². The van der Waals surface area contributed by atoms with Gasteiger partial charge in [0.2, 0.25) is 0 Å². The average molecular weight is 264 g/mol. The molecule has 0 unspecified atom stereocenters. The molecule has 5 nitrogen and oxygen atoms in total. The van der Waals surface area contributed by atoms with E-state index in [-0.39, 0.29) is 11.9 Å². The monoisotopic (exact) mass is 264 g/mol. The lowest BCUT2D eigenvalue weighted by molar-refractivity contribution is -0.130. The minimum Gasteiger partial charge on any atom is -0.448 e. The van der Waals surface area contributed by atoms with Gasteiger partial charge in [-0.3, -0.25) is 4.79 Å². The van der Waals surface area contributed by atoms with Gasteiger partial charge in [0.05, 0.1) is 0 Å². The SMILES string of the molecule is C[C@H](OC(=O)c1ccc[nH]1)C(=O)NC1CCCCC1. The maximum Gasteiger partial charge on any atom is 0.355 e. The van der Waals surface area contributed by atoms with E-state index in [1.54, 1.807) is 25.3 Å². The molecule has 0 spiro atoms. The molecule has 0 aromatic carbocycles. The topological polar surface area (TPSA) is 71.2 Å². The molecule has 0 bridgehead atoms. The number of hydrogen-bond acceptors (Lipinski definition) is 3. The van der Waals surface area contributed by atoms with Crippen molar-refractivity contribution in [3.05, 3.63) is 24.0 Å². The summed E-state index contributed by atoms with van der Waals surface area (Å²) in [5.74, 6) is -0.719. The highest BCUT2D eigenvalue weighted by Crippen LogP contribution is 2.17. The molecule has 1 aromatic rings. The Morgan fingerprint density at radius 2 is 2.11 bits per heavy atom. The molecule has 2 rings (SSSR count). The fourth-order valence-corrected chi connectivity index (χ4v) is 2.30. The number of H-pyrrole nitrogens is 1. The number of esters is 1. The highest BCUT2D eigenvalue weighted by molar-refractivity contribution is 5.90. The number of aromatic nitrogens is 1. The molecule has 1 atom stereocenters. The van der Waals surface area contributed by atoms with Gasteiger partial charge in [0.1, 0.15) is 5.69 Å². The molecule has 5 heteroatoms. The number of amides is 1. The molecule has 1 aliphatic carbocycles. The Balaban J connectivity index is 1.80. The van der Waals surface area contributed by atoms with E-state index in [1.165, 1.54) is 6.42 Å². The van der Waals surface area contributed by atoms with E-state index in [4.69, 9.17) is 4.74 Å². The largest absolute Gasteiger partial charge is 0.448 e. The van der Waals surface area contributed by atoms with Crippen LogP contribution in [-0.2, 0) is 9.53 Å². The van der Waals surface area contributed by atoms with E-state index in [0.29, 0.717) is 5.69 Å². The van der Waals surface area contributed by atoms with Crippen molar-refractivity contribution in [2.45, 2.75) is 51.2 Å². The lowest BCUT2D eigenvalue weighted by Gasteiger charge is -2.24. The second-order valence-electron chi connectivity index (χ2n) is 4.97. The van der Waals surface area contributed by atoms with Gasteiger partial charge in [-0.15, -0.1) is 0 Å². The van der Waals surface area contributed by atoms with Crippen LogP contribution in [0.2, 0.25) is 0 Å². The summed E-state index contributed by atoms with van der Waals surface area (Å²) in [6.07, 6.45) is 6.46. The van der Waals surface area contributed by atoms with Crippen LogP contribution in [0.3, 0.4) is 0 Å². The molecule has 1 fully saturated rings. The van der Waals surface area contributed by atoms with Crippen LogP contribution in [0.4, 0.5) is 0 Å². The Morgan fingerprint density at radius 3 is 2.74 bits per heavy atom. The predicted octanol–water partition coefficient (Wildman–Crippen LogP) is 2.01. The van der Waals surface area contributed by atoms with Crippen molar-refractivity contribution >= 4 is 11.9 Å². The Bertz CT molecular complexity index is 422. The smallest absolute Gasteiger partial charge is 0.355 e. The minimum absolute atomic E-state index is 0.216. The van der Waals surface area contributed by atoms with E-state index >= 15 is 0 Å². The molecule has 0 saturated heterocycles. The number of carbonyl (C=O) groups is 2. The zero-order chi connectivity index (χ0) is 13.7. The first-order valence-corrected chi connectivity index (χ1v) is 6.81. The summed E-state index contributed by atoms with van der Waals surface area (Å²) in [7, 11) is 0. The summed E-state index contributed by atoms with van der Waals surface area (Å²) in [5, 5.41) is 2.94. The van der Waals surface area contributed by atoms with Gasteiger partial charge >= 0.3 is 5.97 Å². The molecule has 2 N–H and O–H groups in total. The summed E-state index contributed by atoms with van der Waals surface area (Å²) in [5.41, 5.74) is 0.359. The third-order valence-corrected chi connectivity index (χ3v) is 3.42. The first-order valence-electron chi connectivity index (χ1n) is 6.81. The standard InChI is InChI=1S/C14H20N2O3/c1-10(19-14(18)12-8-5-9-15-12)13(17)16-11-6-3-2-4-7-11/h5,8-11,15H,2-4,6-7H2,1H3,(H,16,17)/t10-/m0/s1. The molecule has 1 heterocycles. The van der Waals surface area contributed by atoms with Crippen LogP contribution < -0.4 is 5.32 Å². The maximum absolute atomic E-state index is 11.9. The normalized spacial score (nSPS) is 17.7. The van der Waals surface area contributed by atoms with Crippen molar-refractivity contribution in [2.75, 3.05) is 0 Å². The Labute approximate surface area is 112 Å². The maximum atomic E-state index is 11.9. The van der Waals surface area contributed by atoms with Crippen LogP contribution in [-0.4, -0.2) is 29.0 Å². The van der Waals surface area contributed by atoms with Gasteiger partial charge < -0.3 is 15.0 Å². The summed E-state index contributed by atoms with van der Waals surface area (Å²) >= 11 is 0. The molecule has 1 amide bonds. The summed E-state index contributed by atoms with van der Waals surface area (Å²) in [6, 6.07) is 3.56. The van der Waals surface area contributed by atoms with E-state index in [9.17, 15) is 9.59 Å². The second kappa shape index (κ2) is 6.41. The molecule has 1 saturated carbocycles. The van der Waals surface area contributed by atoms with E-state index in [2.05, 4.69) is 10.3 Å². The third-order valence-electron chi connectivity index (χ3n) is 3.42. The lowest BCUT2D eigenvalue weighted by Crippen LogP contribution is -2.42. The lowest BCUT2D eigenvalue weighted by atomic mass is 9.95. The van der Waals surface area contributed by atoms with E-state index in [1.807, 2.05) is 0 Å². The highest BCUT2D eigenvalue weighted by atomic mass is 16.5. The molecule has 1 aromatic heterocycles. The Kier molecular flexibility index (Phi) is 4.60. The summed E-state index contributed by atoms with van der Waals surface area (Å²) in [4.78, 5) is 26.4. The molecule has 0 radical (unpaired) electrons. The second-order valence-corrected chi connectivity index (χ2v) is 4.97. The molecule has 19 heavy (non-hydrogen) atoms. The van der Waals surface area contributed by atoms with Gasteiger partial charge in [0, 0.05) is 12.2 Å². The van der Waals surface area contributed by atoms with Gasteiger partial charge in [0.25, 0.3) is 5.91 Å². The summed E-state index contributed by atoms with van der Waals surface area (Å²) < 4.78 is 5.12. The predicted molar refractivity (Wildman–Crippen MR) is 70.7 cm³/mol. The average Bonchev–Trinajstić information content (AvgIpc) is 2.93. The van der Waals surface area contributed by atoms with E-state index in [0.717, 1.165) is 25.7 Å². The third kappa shape index (κ3) is 3.84. The number of ether oxygens (including phenoxy) is 1. The Hall–Kier alpha value is -1.78. The molecular weight excluding hydrogens is 244 g/mol. The van der Waals surface area contributed by atoms with E-state index < -0.39 is 12.1 Å². The fourth-order valence-electron chi connectivity index (χ4n) is 2.30. The van der Waals surface area contributed by atoms with Crippen LogP contribution in [0.25, 0.3) is 0 Å². The molecule has 0 aliphatic heterocycles. The van der Waals surface area contributed by atoms with Crippen LogP contribution in [0.15, 0.2) is 18.3 Å². The molecule has 1 aliphatic rings. The quantitative estimate of drug-likeness (QED) is 0.817. The Morgan fingerprint density at radius 1 is 1.37 bits per heavy atom. The van der Waals surface area contributed by atoms with Crippen molar-refractivity contribution in [1.29, 1.82) is 0 Å². The van der Waals surface area contributed by atoms with Crippen molar-refractivity contribution in [3.8, 4) is 0 Å². The van der Waals surface area contributed by atoms with Crippen molar-refractivity contribution < 1.29 is 14.3 Å². The van der Waals surface area contributed by atoms with Crippen LogP contribution >= 0.6 is 0 Å². The fraction of sp³-hybridized carbons (Fsp3) is 0.571. The van der Waals surface area contributed by atoms with Crippen LogP contribution in [0.1, 0.15) is 49.5 Å². The van der Waals surface area contributed by atoms with Gasteiger partial charge in [-0.2, -0.15) is 0 Å². The zero-order valence-corrected chi connectivity index (χ0v) is 11.1. The minimum atomic E-state index is -0.766. The van der Waals surface area contributed by atoms with Crippen LogP contribution in [0.5, 0.6) is 0 Å². The van der Waals surface area contributed by atoms with Crippen LogP contribution in [0, 0.1) is 0 Å². The number of nitrogens with one attached hydrogen (secondary N) is 2.